The van der Waals surface area contributed by atoms with Gasteiger partial charge in [0.25, 0.3) is 0 Å². The molecule has 0 aromatic heterocycles. The summed E-state index contributed by atoms with van der Waals surface area (Å²) in [6, 6.07) is 0. The van der Waals surface area contributed by atoms with Crippen molar-refractivity contribution in [2.75, 3.05) is 0 Å². The number of hydrogen-bond acceptors (Lipinski definition) is 4. The summed E-state index contributed by atoms with van der Waals surface area (Å²) in [5, 5.41) is 10.9. The fraction of sp³-hybridized carbons (Fsp3) is 0.857. The topological polar surface area (TPSA) is 54.4 Å². The summed E-state index contributed by atoms with van der Waals surface area (Å²) >= 11 is 1.73. The molecule has 0 bridgehead atoms. The largest absolute Gasteiger partial charge is 0.713 e. The van der Waals surface area contributed by atoms with Crippen LogP contribution in [0.2, 0.25) is 0 Å². The number of aliphatic hydroxyl groups is 1. The summed E-state index contributed by atoms with van der Waals surface area (Å²) in [6.45, 7) is 5.49. The average Bonchev–Trinajstić information content (AvgIpc) is 2.39. The molecule has 0 saturated heterocycles. The van der Waals surface area contributed by atoms with Crippen LogP contribution in [0.4, 0.5) is 0 Å². The van der Waals surface area contributed by atoms with Crippen LogP contribution in [0.15, 0.2) is 0 Å². The number of ketones is 2. The van der Waals surface area contributed by atoms with E-state index in [4.69, 9.17) is 0 Å². The molecule has 3 nitrogen and oxygen atoms in total. The van der Waals surface area contributed by atoms with Gasteiger partial charge in [0.05, 0.1) is 5.60 Å². The summed E-state index contributed by atoms with van der Waals surface area (Å²) in [6.07, 6.45) is 3.51. The Bertz CT molecular complexity index is 379. The first-order chi connectivity index (χ1) is 8.80. The van der Waals surface area contributed by atoms with E-state index < -0.39 is 5.60 Å². The number of rotatable bonds is 1. The van der Waals surface area contributed by atoms with Gasteiger partial charge < -0.3 is 14.9 Å². The Kier molecular flexibility index (Phi) is 8.38. The molecule has 2 fully saturated rings. The SMILES string of the molecule is CC(=O)[C@@H]1CC[C@]2(C)CCC(=O)[C@H](C)[C@]2(O)C1.[S-]I.[V]. The Morgan fingerprint density at radius 3 is 2.45 bits per heavy atom. The number of carbonyl (C=O) groups excluding carboxylic acids is 2. The fourth-order valence-corrected chi connectivity index (χ4v) is 3.70. The predicted molar refractivity (Wildman–Crippen MR) is 85.9 cm³/mol. The van der Waals surface area contributed by atoms with Crippen molar-refractivity contribution >= 4 is 42.6 Å². The van der Waals surface area contributed by atoms with Gasteiger partial charge in [-0.3, -0.25) is 30.8 Å². The maximum atomic E-state index is 11.8. The number of carbonyl (C=O) groups is 2. The standard InChI is InChI=1S/C14H22O3.IS.V/c1-9-12(16)5-7-13(3)6-4-11(10(2)15)8-14(9,13)17;1-2;/h9,11,17H,4-8H2,1-3H3;;/q;-1;/t9-,11+,13+,14+;;/m0../s1. The van der Waals surface area contributed by atoms with Gasteiger partial charge in [-0.25, -0.2) is 0 Å². The van der Waals surface area contributed by atoms with E-state index in [9.17, 15) is 14.7 Å². The van der Waals surface area contributed by atoms with E-state index in [1.807, 2.05) is 6.92 Å². The zero-order valence-electron chi connectivity index (χ0n) is 12.2. The molecular formula is C14H22IO3SV-. The van der Waals surface area contributed by atoms with Crippen molar-refractivity contribution in [3.63, 3.8) is 0 Å². The van der Waals surface area contributed by atoms with Crippen LogP contribution < -0.4 is 0 Å². The first-order valence-corrected chi connectivity index (χ1v) is 9.66. The fourth-order valence-electron chi connectivity index (χ4n) is 3.70. The van der Waals surface area contributed by atoms with Crippen LogP contribution >= 0.6 is 21.2 Å². The van der Waals surface area contributed by atoms with Crippen LogP contribution in [-0.4, -0.2) is 22.3 Å². The molecule has 1 N–H and O–H groups in total. The zero-order chi connectivity index (χ0) is 14.8. The molecule has 2 aliphatic carbocycles. The van der Waals surface area contributed by atoms with Crippen molar-refractivity contribution in [3.8, 4) is 0 Å². The molecule has 4 atom stereocenters. The van der Waals surface area contributed by atoms with Crippen molar-refractivity contribution in [1.29, 1.82) is 0 Å². The zero-order valence-corrected chi connectivity index (χ0v) is 16.6. The molecule has 2 rings (SSSR count). The second kappa shape index (κ2) is 8.00. The maximum absolute atomic E-state index is 11.8. The van der Waals surface area contributed by atoms with Gasteiger partial charge in [0.1, 0.15) is 11.6 Å². The minimum Gasteiger partial charge on any atom is -0.713 e. The molecule has 0 amide bonds. The Morgan fingerprint density at radius 1 is 1.40 bits per heavy atom. The van der Waals surface area contributed by atoms with Crippen LogP contribution in [0.5, 0.6) is 0 Å². The molecule has 0 heterocycles. The van der Waals surface area contributed by atoms with Gasteiger partial charge in [-0.2, -0.15) is 0 Å². The number of halogens is 1. The number of Topliss-reactive ketones (excluding diaryl/α,β-unsaturated/α-hetero) is 2. The molecule has 6 heteroatoms. The van der Waals surface area contributed by atoms with Gasteiger partial charge in [0.15, 0.2) is 0 Å². The summed E-state index contributed by atoms with van der Waals surface area (Å²) < 4.78 is 0. The van der Waals surface area contributed by atoms with Crippen LogP contribution in [0.3, 0.4) is 0 Å². The van der Waals surface area contributed by atoms with E-state index in [1.165, 1.54) is 0 Å². The molecule has 0 aromatic rings. The van der Waals surface area contributed by atoms with Crippen LogP contribution in [0.25, 0.3) is 0 Å². The molecule has 2 saturated carbocycles. The van der Waals surface area contributed by atoms with E-state index >= 15 is 0 Å². The summed E-state index contributed by atoms with van der Waals surface area (Å²) in [4.78, 5) is 23.3. The van der Waals surface area contributed by atoms with E-state index in [-0.39, 0.29) is 47.4 Å². The van der Waals surface area contributed by atoms with Gasteiger partial charge in [0.2, 0.25) is 0 Å². The quantitative estimate of drug-likeness (QED) is 0.495. The number of hydrogen-bond donors (Lipinski definition) is 1. The molecule has 0 aromatic carbocycles. The maximum Gasteiger partial charge on any atom is 0.138 e. The minimum atomic E-state index is -0.975. The first kappa shape index (κ1) is 21.0. The Morgan fingerprint density at radius 2 is 1.95 bits per heavy atom. The van der Waals surface area contributed by atoms with E-state index in [1.54, 1.807) is 28.1 Å². The van der Waals surface area contributed by atoms with E-state index in [0.717, 1.165) is 19.3 Å². The smallest absolute Gasteiger partial charge is 0.138 e. The van der Waals surface area contributed by atoms with Crippen LogP contribution in [0.1, 0.15) is 52.9 Å². The van der Waals surface area contributed by atoms with Gasteiger partial charge in [-0.1, -0.05) is 13.8 Å². The summed E-state index contributed by atoms with van der Waals surface area (Å²) in [7, 11) is 4.05. The Hall–Kier alpha value is 0.964. The van der Waals surface area contributed by atoms with E-state index in [0.29, 0.717) is 12.8 Å². The first-order valence-electron chi connectivity index (χ1n) is 6.71. The molecule has 0 aliphatic heterocycles. The molecule has 2 aliphatic rings. The second-order valence-electron chi connectivity index (χ2n) is 6.22. The van der Waals surface area contributed by atoms with Crippen molar-refractivity contribution < 1.29 is 33.3 Å². The summed E-state index contributed by atoms with van der Waals surface area (Å²) in [5.74, 6) is -0.107. The van der Waals surface area contributed by atoms with Crippen LogP contribution in [0, 0.1) is 17.3 Å². The molecule has 0 unspecified atom stereocenters. The third kappa shape index (κ3) is 3.65. The van der Waals surface area contributed by atoms with Crippen molar-refractivity contribution in [1.82, 2.24) is 0 Å². The Labute approximate surface area is 150 Å². The van der Waals surface area contributed by atoms with Crippen molar-refractivity contribution in [2.24, 2.45) is 17.3 Å². The minimum absolute atomic E-state index is 0. The molecular weight excluding hydrogens is 426 g/mol. The molecule has 115 valence electrons. The van der Waals surface area contributed by atoms with Gasteiger partial charge >= 0.3 is 0 Å². The van der Waals surface area contributed by atoms with Crippen LogP contribution in [-0.2, 0) is 37.9 Å². The monoisotopic (exact) mass is 448 g/mol. The molecule has 1 radical (unpaired) electrons. The third-order valence-corrected chi connectivity index (χ3v) is 5.34. The third-order valence-electron chi connectivity index (χ3n) is 5.34. The second-order valence-corrected chi connectivity index (χ2v) is 6.22. The van der Waals surface area contributed by atoms with Gasteiger partial charge in [-0.15, -0.1) is 0 Å². The van der Waals surface area contributed by atoms with Gasteiger partial charge in [-0.05, 0) is 38.0 Å². The van der Waals surface area contributed by atoms with E-state index in [2.05, 4.69) is 16.7 Å². The normalized spacial score (nSPS) is 39.8. The Balaban J connectivity index is 0.00000115. The molecule has 0 spiro atoms. The predicted octanol–water partition coefficient (Wildman–Crippen LogP) is 2.99. The molecule has 20 heavy (non-hydrogen) atoms. The van der Waals surface area contributed by atoms with Crippen molar-refractivity contribution in [3.05, 3.63) is 0 Å². The summed E-state index contributed by atoms with van der Waals surface area (Å²) in [5.41, 5.74) is -1.16. The average molecular weight is 448 g/mol. The number of fused-ring (bicyclic) bond motifs is 1. The van der Waals surface area contributed by atoms with Gasteiger partial charge in [0, 0.05) is 36.8 Å². The van der Waals surface area contributed by atoms with Crippen molar-refractivity contribution in [2.45, 2.75) is 58.5 Å².